The molecular formula is C18H27N3O5S. The van der Waals surface area contributed by atoms with Gasteiger partial charge in [-0.2, -0.15) is 0 Å². The molecule has 0 radical (unpaired) electrons. The van der Waals surface area contributed by atoms with Gasteiger partial charge in [-0.3, -0.25) is 9.69 Å². The molecule has 0 aliphatic carbocycles. The number of nitrogens with one attached hydrogen (secondary N) is 2. The van der Waals surface area contributed by atoms with Gasteiger partial charge >= 0.3 is 6.03 Å². The van der Waals surface area contributed by atoms with Crippen LogP contribution in [0, 0.1) is 0 Å². The Morgan fingerprint density at radius 1 is 1.19 bits per heavy atom. The summed E-state index contributed by atoms with van der Waals surface area (Å²) < 4.78 is 32.3. The minimum absolute atomic E-state index is 0.0952. The highest BCUT2D eigenvalue weighted by molar-refractivity contribution is 7.89. The third-order valence-electron chi connectivity index (χ3n) is 4.06. The van der Waals surface area contributed by atoms with Crippen LogP contribution in [0.2, 0.25) is 0 Å². The second kappa shape index (κ2) is 8.26. The number of carbonyl (C=O) groups excluding carboxylic acids is 2. The monoisotopic (exact) mass is 397 g/mol. The molecule has 9 heteroatoms. The van der Waals surface area contributed by atoms with E-state index in [1.807, 2.05) is 38.1 Å². The van der Waals surface area contributed by atoms with Crippen LogP contribution in [0.4, 0.5) is 4.79 Å². The lowest BCUT2D eigenvalue weighted by atomic mass is 10.1. The van der Waals surface area contributed by atoms with Gasteiger partial charge in [0, 0.05) is 13.1 Å². The molecular weight excluding hydrogens is 370 g/mol. The van der Waals surface area contributed by atoms with Gasteiger partial charge in [0.15, 0.2) is 0 Å². The molecule has 0 saturated carbocycles. The van der Waals surface area contributed by atoms with Crippen molar-refractivity contribution < 1.29 is 22.7 Å². The Hall–Kier alpha value is -2.13. The minimum atomic E-state index is -3.60. The van der Waals surface area contributed by atoms with Crippen LogP contribution in [0.25, 0.3) is 0 Å². The Kier molecular flexibility index (Phi) is 6.48. The minimum Gasteiger partial charge on any atom is -0.491 e. The third kappa shape index (κ3) is 5.93. The number of hydrogen-bond acceptors (Lipinski definition) is 5. The molecule has 150 valence electrons. The molecule has 3 amide bonds. The van der Waals surface area contributed by atoms with Crippen molar-refractivity contribution in [1.29, 1.82) is 0 Å². The Morgan fingerprint density at radius 3 is 2.33 bits per heavy atom. The van der Waals surface area contributed by atoms with E-state index in [0.29, 0.717) is 6.42 Å². The second-order valence-electron chi connectivity index (χ2n) is 7.29. The van der Waals surface area contributed by atoms with E-state index in [2.05, 4.69) is 10.0 Å². The highest BCUT2D eigenvalue weighted by Gasteiger charge is 2.44. The second-order valence-corrected chi connectivity index (χ2v) is 9.21. The molecule has 0 spiro atoms. The molecule has 0 bridgehead atoms. The molecule has 27 heavy (non-hydrogen) atoms. The van der Waals surface area contributed by atoms with Gasteiger partial charge in [0.1, 0.15) is 11.3 Å². The lowest BCUT2D eigenvalue weighted by Crippen LogP contribution is -2.41. The van der Waals surface area contributed by atoms with Gasteiger partial charge in [-0.25, -0.2) is 17.9 Å². The van der Waals surface area contributed by atoms with Gasteiger partial charge in [-0.15, -0.1) is 0 Å². The van der Waals surface area contributed by atoms with Crippen LogP contribution in [0.1, 0.15) is 33.3 Å². The first kappa shape index (κ1) is 21.2. The van der Waals surface area contributed by atoms with Crippen molar-refractivity contribution in [3.8, 4) is 5.75 Å². The maximum absolute atomic E-state index is 12.1. The van der Waals surface area contributed by atoms with Crippen LogP contribution >= 0.6 is 0 Å². The first-order valence-electron chi connectivity index (χ1n) is 8.87. The summed E-state index contributed by atoms with van der Waals surface area (Å²) in [6, 6.07) is 6.92. The smallest absolute Gasteiger partial charge is 0.325 e. The average Bonchev–Trinajstić information content (AvgIpc) is 2.74. The van der Waals surface area contributed by atoms with Gasteiger partial charge in [-0.05, 0) is 51.8 Å². The average molecular weight is 397 g/mol. The Labute approximate surface area is 160 Å². The standard InChI is InChI=1S/C18H27N3O5S/c1-13(2)26-15-7-5-14(6-8-15)9-10-19-27(24,25)12-11-21-16(22)18(3,4)20-17(21)23/h5-8,13,19H,9-12H2,1-4H3,(H,20,23). The summed E-state index contributed by atoms with van der Waals surface area (Å²) >= 11 is 0. The summed E-state index contributed by atoms with van der Waals surface area (Å²) in [7, 11) is -3.60. The molecule has 8 nitrogen and oxygen atoms in total. The Balaban J connectivity index is 1.80. The number of nitrogens with zero attached hydrogens (tertiary/aromatic N) is 1. The molecule has 0 atom stereocenters. The van der Waals surface area contributed by atoms with Gasteiger partial charge in [0.2, 0.25) is 10.0 Å². The fourth-order valence-corrected chi connectivity index (χ4v) is 3.64. The first-order chi connectivity index (χ1) is 12.5. The van der Waals surface area contributed by atoms with Gasteiger partial charge in [-0.1, -0.05) is 12.1 Å². The molecule has 2 N–H and O–H groups in total. The maximum Gasteiger partial charge on any atom is 0.325 e. The van der Waals surface area contributed by atoms with E-state index in [-0.39, 0.29) is 24.9 Å². The van der Waals surface area contributed by atoms with E-state index >= 15 is 0 Å². The number of benzene rings is 1. The topological polar surface area (TPSA) is 105 Å². The largest absolute Gasteiger partial charge is 0.491 e. The first-order valence-corrected chi connectivity index (χ1v) is 10.5. The number of carbonyl (C=O) groups is 2. The molecule has 1 heterocycles. The van der Waals surface area contributed by atoms with Crippen molar-refractivity contribution in [2.75, 3.05) is 18.8 Å². The van der Waals surface area contributed by atoms with E-state index in [1.165, 1.54) is 0 Å². The quantitative estimate of drug-likeness (QED) is 0.611. The maximum atomic E-state index is 12.1. The van der Waals surface area contributed by atoms with E-state index in [4.69, 9.17) is 4.74 Å². The van der Waals surface area contributed by atoms with Crippen molar-refractivity contribution in [2.24, 2.45) is 0 Å². The van der Waals surface area contributed by atoms with Crippen molar-refractivity contribution in [2.45, 2.75) is 45.8 Å². The van der Waals surface area contributed by atoms with Crippen LogP contribution in [0.5, 0.6) is 5.75 Å². The lowest BCUT2D eigenvalue weighted by molar-refractivity contribution is -0.130. The molecule has 1 fully saturated rings. The Morgan fingerprint density at radius 2 is 1.81 bits per heavy atom. The zero-order chi connectivity index (χ0) is 20.2. The van der Waals surface area contributed by atoms with E-state index < -0.39 is 27.5 Å². The zero-order valence-corrected chi connectivity index (χ0v) is 16.9. The predicted octanol–water partition coefficient (Wildman–Crippen LogP) is 1.27. The van der Waals surface area contributed by atoms with Crippen LogP contribution in [0.15, 0.2) is 24.3 Å². The summed E-state index contributed by atoms with van der Waals surface area (Å²) in [6.07, 6.45) is 0.620. The SMILES string of the molecule is CC(C)Oc1ccc(CCNS(=O)(=O)CCN2C(=O)NC(C)(C)C2=O)cc1. The summed E-state index contributed by atoms with van der Waals surface area (Å²) in [5.41, 5.74) is -0.0237. The number of hydrogen-bond donors (Lipinski definition) is 2. The number of imide groups is 1. The van der Waals surface area contributed by atoms with Gasteiger partial charge in [0.25, 0.3) is 5.91 Å². The van der Waals surface area contributed by atoms with Crippen molar-refractivity contribution >= 4 is 22.0 Å². The normalized spacial score (nSPS) is 16.7. The molecule has 1 aromatic rings. The number of amides is 3. The van der Waals surface area contributed by atoms with Crippen LogP contribution in [0.3, 0.4) is 0 Å². The van der Waals surface area contributed by atoms with E-state index in [0.717, 1.165) is 16.2 Å². The van der Waals surface area contributed by atoms with E-state index in [9.17, 15) is 18.0 Å². The summed E-state index contributed by atoms with van der Waals surface area (Å²) in [4.78, 5) is 24.8. The Bertz CT molecular complexity index is 788. The molecule has 0 aromatic heterocycles. The molecule has 1 saturated heterocycles. The predicted molar refractivity (Wildman–Crippen MR) is 102 cm³/mol. The lowest BCUT2D eigenvalue weighted by Gasteiger charge is -2.16. The van der Waals surface area contributed by atoms with Gasteiger partial charge < -0.3 is 10.1 Å². The van der Waals surface area contributed by atoms with Crippen molar-refractivity contribution in [1.82, 2.24) is 14.9 Å². The molecule has 1 aliphatic rings. The molecule has 1 aromatic carbocycles. The number of ether oxygens (including phenoxy) is 1. The number of sulfonamides is 1. The van der Waals surface area contributed by atoms with Crippen LogP contribution in [-0.4, -0.2) is 55.7 Å². The molecule has 0 unspecified atom stereocenters. The van der Waals surface area contributed by atoms with E-state index in [1.54, 1.807) is 13.8 Å². The highest BCUT2D eigenvalue weighted by atomic mass is 32.2. The van der Waals surface area contributed by atoms with Crippen LogP contribution < -0.4 is 14.8 Å². The molecule has 2 rings (SSSR count). The zero-order valence-electron chi connectivity index (χ0n) is 16.1. The van der Waals surface area contributed by atoms with Gasteiger partial charge in [0.05, 0.1) is 11.9 Å². The summed E-state index contributed by atoms with van der Waals surface area (Å²) in [6.45, 7) is 7.12. The fraction of sp³-hybridized carbons (Fsp3) is 0.556. The molecule has 1 aliphatic heterocycles. The summed E-state index contributed by atoms with van der Waals surface area (Å²) in [5.74, 6) is 0.0147. The highest BCUT2D eigenvalue weighted by Crippen LogP contribution is 2.16. The summed E-state index contributed by atoms with van der Waals surface area (Å²) in [5, 5.41) is 2.52. The fourth-order valence-electron chi connectivity index (χ4n) is 2.66. The van der Waals surface area contributed by atoms with Crippen LogP contribution in [-0.2, 0) is 21.2 Å². The van der Waals surface area contributed by atoms with Crippen molar-refractivity contribution in [3.63, 3.8) is 0 Å². The number of rotatable bonds is 9. The number of urea groups is 1. The van der Waals surface area contributed by atoms with Crippen molar-refractivity contribution in [3.05, 3.63) is 29.8 Å². The third-order valence-corrected chi connectivity index (χ3v) is 5.42.